The summed E-state index contributed by atoms with van der Waals surface area (Å²) >= 11 is 0. The number of aliphatic hydroxyl groups excluding tert-OH is 1. The molecule has 1 aromatic carbocycles. The fraction of sp³-hybridized carbons (Fsp3) is 0.320. The first-order chi connectivity index (χ1) is 16.2. The second-order valence-electron chi connectivity index (χ2n) is 7.71. The predicted molar refractivity (Wildman–Crippen MR) is 127 cm³/mol. The monoisotopic (exact) mass is 447 g/mol. The van der Waals surface area contributed by atoms with Gasteiger partial charge >= 0.3 is 0 Å². The zero-order chi connectivity index (χ0) is 23.0. The molecule has 0 saturated carbocycles. The van der Waals surface area contributed by atoms with E-state index in [1.54, 1.807) is 24.1 Å². The molecule has 0 bridgehead atoms. The molecule has 3 aromatic heterocycles. The van der Waals surface area contributed by atoms with Gasteiger partial charge in [0.2, 0.25) is 0 Å². The number of aromatic nitrogens is 4. The number of hydrogen-bond donors (Lipinski definition) is 2. The van der Waals surface area contributed by atoms with E-state index in [4.69, 9.17) is 20.2 Å². The molecule has 0 aliphatic heterocycles. The smallest absolute Gasteiger partial charge is 0.154 e. The zero-order valence-electron chi connectivity index (χ0n) is 18.8. The third-order valence-electron chi connectivity index (χ3n) is 5.31. The van der Waals surface area contributed by atoms with Crippen molar-refractivity contribution >= 4 is 10.9 Å². The van der Waals surface area contributed by atoms with Crippen LogP contribution in [0.15, 0.2) is 54.7 Å². The Morgan fingerprint density at radius 2 is 1.85 bits per heavy atom. The average Bonchev–Trinajstić information content (AvgIpc) is 3.30. The first kappa shape index (κ1) is 22.8. The van der Waals surface area contributed by atoms with Crippen LogP contribution in [0.5, 0.6) is 5.75 Å². The lowest BCUT2D eigenvalue weighted by Crippen LogP contribution is -2.04. The van der Waals surface area contributed by atoms with Crippen molar-refractivity contribution in [3.63, 3.8) is 0 Å². The number of nitrogens with two attached hydrogens (primary N) is 1. The molecule has 33 heavy (non-hydrogen) atoms. The topological polar surface area (TPSA) is 108 Å². The van der Waals surface area contributed by atoms with Crippen LogP contribution < -0.4 is 10.5 Å². The van der Waals surface area contributed by atoms with Crippen molar-refractivity contribution < 1.29 is 14.6 Å². The largest absolute Gasteiger partial charge is 0.493 e. The lowest BCUT2D eigenvalue weighted by molar-refractivity contribution is 0.172. The Labute approximate surface area is 193 Å². The maximum Gasteiger partial charge on any atom is 0.154 e. The van der Waals surface area contributed by atoms with E-state index in [2.05, 4.69) is 10.1 Å². The normalized spacial score (nSPS) is 11.2. The fourth-order valence-electron chi connectivity index (χ4n) is 3.67. The summed E-state index contributed by atoms with van der Waals surface area (Å²) in [6, 6.07) is 15.6. The SMILES string of the molecule is COCCCOc1cc(-c2cccc(CCCN)n2)cc2c1cnn2-c1cccc(CO)n1. The van der Waals surface area contributed by atoms with Gasteiger partial charge in [-0.05, 0) is 55.8 Å². The van der Waals surface area contributed by atoms with E-state index in [0.29, 0.717) is 31.3 Å². The van der Waals surface area contributed by atoms with Gasteiger partial charge in [0, 0.05) is 31.4 Å². The molecule has 3 N–H and O–H groups in total. The number of fused-ring (bicyclic) bond motifs is 1. The molecule has 4 rings (SSSR count). The molecular formula is C25H29N5O3. The average molecular weight is 448 g/mol. The summed E-state index contributed by atoms with van der Waals surface area (Å²) in [6.07, 6.45) is 4.29. The first-order valence-corrected chi connectivity index (χ1v) is 11.1. The van der Waals surface area contributed by atoms with Gasteiger partial charge in [-0.25, -0.2) is 9.67 Å². The van der Waals surface area contributed by atoms with Crippen LogP contribution in [0.3, 0.4) is 0 Å². The number of ether oxygens (including phenoxy) is 2. The lowest BCUT2D eigenvalue weighted by Gasteiger charge is -2.12. The minimum absolute atomic E-state index is 0.133. The molecule has 8 nitrogen and oxygen atoms in total. The van der Waals surface area contributed by atoms with Crippen molar-refractivity contribution in [2.45, 2.75) is 25.9 Å². The Kier molecular flexibility index (Phi) is 7.62. The van der Waals surface area contributed by atoms with Gasteiger partial charge in [-0.2, -0.15) is 5.10 Å². The maximum atomic E-state index is 9.50. The van der Waals surface area contributed by atoms with Crippen LogP contribution in [0.1, 0.15) is 24.2 Å². The van der Waals surface area contributed by atoms with E-state index in [-0.39, 0.29) is 6.61 Å². The molecule has 172 valence electrons. The molecule has 0 unspecified atom stereocenters. The summed E-state index contributed by atoms with van der Waals surface area (Å²) in [4.78, 5) is 9.36. The van der Waals surface area contributed by atoms with Gasteiger partial charge in [0.05, 0.1) is 41.7 Å². The van der Waals surface area contributed by atoms with Crippen molar-refractivity contribution in [1.82, 2.24) is 19.7 Å². The van der Waals surface area contributed by atoms with E-state index in [9.17, 15) is 5.11 Å². The van der Waals surface area contributed by atoms with Crippen LogP contribution in [-0.4, -0.2) is 51.7 Å². The molecule has 0 aliphatic carbocycles. The van der Waals surface area contributed by atoms with E-state index in [0.717, 1.165) is 52.9 Å². The van der Waals surface area contributed by atoms with Crippen LogP contribution in [0, 0.1) is 0 Å². The molecule has 0 spiro atoms. The van der Waals surface area contributed by atoms with E-state index >= 15 is 0 Å². The molecule has 4 aromatic rings. The van der Waals surface area contributed by atoms with Crippen molar-refractivity contribution in [2.24, 2.45) is 5.73 Å². The first-order valence-electron chi connectivity index (χ1n) is 11.1. The highest BCUT2D eigenvalue weighted by Crippen LogP contribution is 2.33. The van der Waals surface area contributed by atoms with Crippen LogP contribution in [-0.2, 0) is 17.8 Å². The standard InChI is InChI=1S/C25H29N5O3/c1-32-12-5-13-33-24-15-18(22-9-2-6-19(28-22)8-4-11-26)14-23-21(24)16-27-30(23)25-10-3-7-20(17-31)29-25/h2-3,6-7,9-10,14-16,31H,4-5,8,11-13,17,26H2,1H3. The maximum absolute atomic E-state index is 9.50. The predicted octanol–water partition coefficient (Wildman–Crippen LogP) is 3.28. The minimum atomic E-state index is -0.133. The number of hydrogen-bond acceptors (Lipinski definition) is 7. The summed E-state index contributed by atoms with van der Waals surface area (Å²) in [5.41, 5.74) is 9.90. The summed E-state index contributed by atoms with van der Waals surface area (Å²) in [6.45, 7) is 1.66. The Bertz CT molecular complexity index is 1210. The molecular weight excluding hydrogens is 418 g/mol. The molecule has 0 radical (unpaired) electrons. The van der Waals surface area contributed by atoms with E-state index in [1.165, 1.54) is 0 Å². The third-order valence-corrected chi connectivity index (χ3v) is 5.31. The van der Waals surface area contributed by atoms with Gasteiger partial charge in [-0.1, -0.05) is 12.1 Å². The quantitative estimate of drug-likeness (QED) is 0.340. The molecule has 0 atom stereocenters. The van der Waals surface area contributed by atoms with Gasteiger partial charge in [0.1, 0.15) is 5.75 Å². The molecule has 0 fully saturated rings. The second-order valence-corrected chi connectivity index (χ2v) is 7.71. The number of rotatable bonds is 11. The Morgan fingerprint density at radius 3 is 2.67 bits per heavy atom. The van der Waals surface area contributed by atoms with Gasteiger partial charge in [0.25, 0.3) is 0 Å². The molecule has 0 saturated heterocycles. The van der Waals surface area contributed by atoms with E-state index < -0.39 is 0 Å². The minimum Gasteiger partial charge on any atom is -0.493 e. The molecule has 3 heterocycles. The molecule has 0 amide bonds. The van der Waals surface area contributed by atoms with Crippen LogP contribution >= 0.6 is 0 Å². The van der Waals surface area contributed by atoms with Crippen molar-refractivity contribution in [2.75, 3.05) is 26.9 Å². The number of aliphatic hydroxyl groups is 1. The Balaban J connectivity index is 1.79. The summed E-state index contributed by atoms with van der Waals surface area (Å²) in [5, 5.41) is 15.0. The highest BCUT2D eigenvalue weighted by Gasteiger charge is 2.15. The number of methoxy groups -OCH3 is 1. The van der Waals surface area contributed by atoms with Gasteiger partial charge in [-0.15, -0.1) is 0 Å². The van der Waals surface area contributed by atoms with E-state index in [1.807, 2.05) is 42.5 Å². The molecule has 0 aliphatic rings. The Morgan fingerprint density at radius 1 is 1.00 bits per heavy atom. The fourth-order valence-corrected chi connectivity index (χ4v) is 3.67. The number of pyridine rings is 2. The third kappa shape index (κ3) is 5.36. The van der Waals surface area contributed by atoms with Crippen LogP contribution in [0.2, 0.25) is 0 Å². The molecule has 8 heteroatoms. The van der Waals surface area contributed by atoms with Gasteiger partial charge in [-0.3, -0.25) is 4.98 Å². The summed E-state index contributed by atoms with van der Waals surface area (Å²) < 4.78 is 13.0. The van der Waals surface area contributed by atoms with Crippen molar-refractivity contribution in [1.29, 1.82) is 0 Å². The highest BCUT2D eigenvalue weighted by molar-refractivity contribution is 5.90. The highest BCUT2D eigenvalue weighted by atomic mass is 16.5. The van der Waals surface area contributed by atoms with Gasteiger partial charge < -0.3 is 20.3 Å². The lowest BCUT2D eigenvalue weighted by atomic mass is 10.1. The van der Waals surface area contributed by atoms with Crippen molar-refractivity contribution in [3.8, 4) is 22.8 Å². The van der Waals surface area contributed by atoms with Crippen molar-refractivity contribution in [3.05, 3.63) is 66.1 Å². The Hall–Kier alpha value is -3.33. The number of benzene rings is 1. The summed E-state index contributed by atoms with van der Waals surface area (Å²) in [7, 11) is 1.68. The number of nitrogens with zero attached hydrogens (tertiary/aromatic N) is 4. The number of aryl methyl sites for hydroxylation is 1. The summed E-state index contributed by atoms with van der Waals surface area (Å²) in [5.74, 6) is 1.36. The van der Waals surface area contributed by atoms with Crippen LogP contribution in [0.25, 0.3) is 28.0 Å². The second kappa shape index (κ2) is 11.0. The zero-order valence-corrected chi connectivity index (χ0v) is 18.8. The van der Waals surface area contributed by atoms with Crippen LogP contribution in [0.4, 0.5) is 0 Å². The van der Waals surface area contributed by atoms with Gasteiger partial charge in [0.15, 0.2) is 5.82 Å².